The first-order valence-electron chi connectivity index (χ1n) is 4.44. The second-order valence-corrected chi connectivity index (χ2v) is 5.00. The van der Waals surface area contributed by atoms with Crippen LogP contribution in [0.5, 0.6) is 0 Å². The van der Waals surface area contributed by atoms with Crippen LogP contribution >= 0.6 is 39.1 Å². The van der Waals surface area contributed by atoms with Gasteiger partial charge < -0.3 is 5.32 Å². The number of halogens is 3. The Morgan fingerprint density at radius 1 is 1.40 bits per heavy atom. The van der Waals surface area contributed by atoms with E-state index >= 15 is 0 Å². The minimum Gasteiger partial charge on any atom is -0.325 e. The summed E-state index contributed by atoms with van der Waals surface area (Å²) in [6.45, 7) is 1.92. The van der Waals surface area contributed by atoms with Crippen molar-refractivity contribution in [3.05, 3.63) is 28.2 Å². The van der Waals surface area contributed by atoms with E-state index in [4.69, 9.17) is 23.2 Å². The maximum Gasteiger partial charge on any atom is 0.238 e. The second kappa shape index (κ2) is 5.73. The van der Waals surface area contributed by atoms with Gasteiger partial charge in [0.25, 0.3) is 0 Å². The maximum absolute atomic E-state index is 11.5. The van der Waals surface area contributed by atoms with Crippen molar-refractivity contribution in [2.24, 2.45) is 0 Å². The fourth-order valence-electron chi connectivity index (χ4n) is 1.03. The van der Waals surface area contributed by atoms with Gasteiger partial charge in [0.1, 0.15) is 0 Å². The molecule has 0 heterocycles. The van der Waals surface area contributed by atoms with Gasteiger partial charge >= 0.3 is 0 Å². The highest BCUT2D eigenvalue weighted by Crippen LogP contribution is 2.23. The lowest BCUT2D eigenvalue weighted by Crippen LogP contribution is -2.21. The number of amides is 1. The van der Waals surface area contributed by atoms with Crippen LogP contribution in [0.3, 0.4) is 0 Å². The summed E-state index contributed by atoms with van der Waals surface area (Å²) in [4.78, 5) is 11.3. The molecule has 0 saturated heterocycles. The van der Waals surface area contributed by atoms with E-state index in [-0.39, 0.29) is 10.7 Å². The minimum absolute atomic E-state index is 0.101. The Hall–Kier alpha value is -0.250. The molecule has 0 aromatic heterocycles. The molecule has 1 amide bonds. The number of carbonyl (C=O) groups is 1. The molecule has 0 fully saturated rings. The molecular formula is C10H10BrCl2NO. The Kier molecular flexibility index (Phi) is 4.90. The van der Waals surface area contributed by atoms with Crippen molar-refractivity contribution in [1.29, 1.82) is 0 Å². The van der Waals surface area contributed by atoms with Crippen LogP contribution in [-0.2, 0) is 4.79 Å². The summed E-state index contributed by atoms with van der Waals surface area (Å²) < 4.78 is 0. The van der Waals surface area contributed by atoms with Gasteiger partial charge in [-0.25, -0.2) is 0 Å². The molecular weight excluding hydrogens is 301 g/mol. The monoisotopic (exact) mass is 309 g/mol. The lowest BCUT2D eigenvalue weighted by atomic mass is 10.3. The number of hydrogen-bond donors (Lipinski definition) is 1. The zero-order valence-corrected chi connectivity index (χ0v) is 11.2. The van der Waals surface area contributed by atoms with Gasteiger partial charge in [0.05, 0.1) is 4.83 Å². The Balaban J connectivity index is 2.76. The highest BCUT2D eigenvalue weighted by Gasteiger charge is 2.12. The predicted molar refractivity (Wildman–Crippen MR) is 68.1 cm³/mol. The summed E-state index contributed by atoms with van der Waals surface area (Å²) in [5, 5.41) is 3.72. The third kappa shape index (κ3) is 4.01. The van der Waals surface area contributed by atoms with E-state index in [0.29, 0.717) is 15.7 Å². The number of anilines is 1. The van der Waals surface area contributed by atoms with Gasteiger partial charge in [-0.05, 0) is 24.6 Å². The topological polar surface area (TPSA) is 29.1 Å². The quantitative estimate of drug-likeness (QED) is 0.837. The van der Waals surface area contributed by atoms with Crippen molar-refractivity contribution in [3.63, 3.8) is 0 Å². The summed E-state index contributed by atoms with van der Waals surface area (Å²) in [5.74, 6) is -0.101. The van der Waals surface area contributed by atoms with Gasteiger partial charge in [-0.3, -0.25) is 4.79 Å². The van der Waals surface area contributed by atoms with E-state index in [9.17, 15) is 4.79 Å². The summed E-state index contributed by atoms with van der Waals surface area (Å²) >= 11 is 14.9. The van der Waals surface area contributed by atoms with E-state index < -0.39 is 0 Å². The summed E-state index contributed by atoms with van der Waals surface area (Å²) in [6.07, 6.45) is 0.722. The zero-order chi connectivity index (χ0) is 11.4. The molecule has 0 aliphatic carbocycles. The molecule has 0 radical (unpaired) electrons. The van der Waals surface area contributed by atoms with E-state index in [0.717, 1.165) is 6.42 Å². The Bertz CT molecular complexity index is 350. The van der Waals surface area contributed by atoms with Crippen molar-refractivity contribution in [2.45, 2.75) is 18.2 Å². The number of nitrogens with one attached hydrogen (secondary N) is 1. The number of alkyl halides is 1. The Labute approximate surface area is 107 Å². The molecule has 1 aromatic carbocycles. The minimum atomic E-state index is -0.199. The summed E-state index contributed by atoms with van der Waals surface area (Å²) in [6, 6.07) is 4.92. The third-order valence-corrected chi connectivity index (χ3v) is 3.27. The van der Waals surface area contributed by atoms with Crippen molar-refractivity contribution in [3.8, 4) is 0 Å². The van der Waals surface area contributed by atoms with Crippen LogP contribution in [-0.4, -0.2) is 10.7 Å². The smallest absolute Gasteiger partial charge is 0.238 e. The van der Waals surface area contributed by atoms with Gasteiger partial charge in [0.2, 0.25) is 5.91 Å². The standard InChI is InChI=1S/C10H10BrCl2NO/c1-2-9(11)10(15)14-8-4-6(12)3-7(13)5-8/h3-5,9H,2H2,1H3,(H,14,15). The van der Waals surface area contributed by atoms with Crippen LogP contribution in [0.1, 0.15) is 13.3 Å². The van der Waals surface area contributed by atoms with E-state index in [1.54, 1.807) is 18.2 Å². The molecule has 2 nitrogen and oxygen atoms in total. The summed E-state index contributed by atoms with van der Waals surface area (Å²) in [7, 11) is 0. The third-order valence-electron chi connectivity index (χ3n) is 1.77. The highest BCUT2D eigenvalue weighted by atomic mass is 79.9. The predicted octanol–water partition coefficient (Wildman–Crippen LogP) is 4.11. The fourth-order valence-corrected chi connectivity index (χ4v) is 1.67. The van der Waals surface area contributed by atoms with Crippen molar-refractivity contribution >= 4 is 50.7 Å². The largest absolute Gasteiger partial charge is 0.325 e. The van der Waals surface area contributed by atoms with Crippen LogP contribution in [0.15, 0.2) is 18.2 Å². The van der Waals surface area contributed by atoms with Gasteiger partial charge in [0.15, 0.2) is 0 Å². The fraction of sp³-hybridized carbons (Fsp3) is 0.300. The first kappa shape index (κ1) is 12.8. The van der Waals surface area contributed by atoms with E-state index in [2.05, 4.69) is 21.2 Å². The molecule has 1 atom stereocenters. The Morgan fingerprint density at radius 2 is 1.93 bits per heavy atom. The van der Waals surface area contributed by atoms with Crippen LogP contribution in [0, 0.1) is 0 Å². The SMILES string of the molecule is CCC(Br)C(=O)Nc1cc(Cl)cc(Cl)c1. The molecule has 0 aliphatic heterocycles. The lowest BCUT2D eigenvalue weighted by Gasteiger charge is -2.09. The van der Waals surface area contributed by atoms with Gasteiger partial charge in [-0.15, -0.1) is 0 Å². The van der Waals surface area contributed by atoms with E-state index in [1.807, 2.05) is 6.92 Å². The van der Waals surface area contributed by atoms with Gasteiger partial charge in [-0.1, -0.05) is 46.1 Å². The molecule has 82 valence electrons. The van der Waals surface area contributed by atoms with Gasteiger partial charge in [0, 0.05) is 15.7 Å². The second-order valence-electron chi connectivity index (χ2n) is 3.02. The molecule has 0 aliphatic rings. The highest BCUT2D eigenvalue weighted by molar-refractivity contribution is 9.10. The van der Waals surface area contributed by atoms with Crippen LogP contribution in [0.25, 0.3) is 0 Å². The zero-order valence-electron chi connectivity index (χ0n) is 8.06. The first-order chi connectivity index (χ1) is 7.02. The lowest BCUT2D eigenvalue weighted by molar-refractivity contribution is -0.115. The molecule has 1 rings (SSSR count). The Morgan fingerprint density at radius 3 is 2.40 bits per heavy atom. The molecule has 15 heavy (non-hydrogen) atoms. The first-order valence-corrected chi connectivity index (χ1v) is 6.11. The molecule has 1 N–H and O–H groups in total. The summed E-state index contributed by atoms with van der Waals surface area (Å²) in [5.41, 5.74) is 0.607. The number of hydrogen-bond acceptors (Lipinski definition) is 1. The van der Waals surface area contributed by atoms with Crippen LogP contribution in [0.2, 0.25) is 10.0 Å². The maximum atomic E-state index is 11.5. The number of rotatable bonds is 3. The van der Waals surface area contributed by atoms with Crippen LogP contribution in [0.4, 0.5) is 5.69 Å². The molecule has 0 spiro atoms. The molecule has 1 aromatic rings. The average molecular weight is 311 g/mol. The molecule has 0 saturated carbocycles. The van der Waals surface area contributed by atoms with Gasteiger partial charge in [-0.2, -0.15) is 0 Å². The normalized spacial score (nSPS) is 12.3. The average Bonchev–Trinajstić information content (AvgIpc) is 2.14. The molecule has 1 unspecified atom stereocenters. The van der Waals surface area contributed by atoms with Crippen molar-refractivity contribution < 1.29 is 4.79 Å². The molecule has 5 heteroatoms. The number of benzene rings is 1. The van der Waals surface area contributed by atoms with Crippen molar-refractivity contribution in [1.82, 2.24) is 0 Å². The van der Waals surface area contributed by atoms with Crippen LogP contribution < -0.4 is 5.32 Å². The number of carbonyl (C=O) groups excluding carboxylic acids is 1. The molecule has 0 bridgehead atoms. The van der Waals surface area contributed by atoms with E-state index in [1.165, 1.54) is 0 Å². The van der Waals surface area contributed by atoms with Crippen molar-refractivity contribution in [2.75, 3.05) is 5.32 Å².